The molecule has 1 atom stereocenters. The van der Waals surface area contributed by atoms with Crippen molar-refractivity contribution in [2.45, 2.75) is 26.5 Å². The fraction of sp³-hybridized carbons (Fsp3) is 0.478. The number of guanidine groups is 1. The van der Waals surface area contributed by atoms with E-state index in [-0.39, 0.29) is 35.8 Å². The number of ether oxygens (including phenoxy) is 2. The summed E-state index contributed by atoms with van der Waals surface area (Å²) in [7, 11) is 1.72. The van der Waals surface area contributed by atoms with Crippen LogP contribution in [0.1, 0.15) is 19.4 Å². The Morgan fingerprint density at radius 1 is 1.34 bits per heavy atom. The maximum Gasteiger partial charge on any atom is 0.191 e. The molecule has 7 nitrogen and oxygen atoms in total. The predicted molar refractivity (Wildman–Crippen MR) is 135 cm³/mol. The smallest absolute Gasteiger partial charge is 0.191 e. The highest BCUT2D eigenvalue weighted by atomic mass is 127. The van der Waals surface area contributed by atoms with Gasteiger partial charge in [0.1, 0.15) is 5.75 Å². The molecule has 0 radical (unpaired) electrons. The predicted octanol–water partition coefficient (Wildman–Crippen LogP) is 3.65. The van der Waals surface area contributed by atoms with E-state index < -0.39 is 5.82 Å². The van der Waals surface area contributed by atoms with Crippen LogP contribution in [0.5, 0.6) is 11.5 Å². The van der Waals surface area contributed by atoms with E-state index in [9.17, 15) is 4.39 Å². The highest BCUT2D eigenvalue weighted by Gasteiger charge is 2.21. The molecule has 1 fully saturated rings. The number of halogens is 2. The van der Waals surface area contributed by atoms with Crippen LogP contribution in [0, 0.1) is 11.7 Å². The van der Waals surface area contributed by atoms with Crippen LogP contribution < -0.4 is 15.4 Å². The fourth-order valence-corrected chi connectivity index (χ4v) is 3.47. The topological polar surface area (TPSA) is 71.0 Å². The van der Waals surface area contributed by atoms with Crippen LogP contribution in [0.4, 0.5) is 4.39 Å². The van der Waals surface area contributed by atoms with Gasteiger partial charge in [-0.2, -0.15) is 0 Å². The Labute approximate surface area is 206 Å². The zero-order chi connectivity index (χ0) is 22.1. The average Bonchev–Trinajstić information content (AvgIpc) is 2.76. The number of aliphatic imine (C=N–C) groups is 1. The van der Waals surface area contributed by atoms with Crippen molar-refractivity contribution in [2.75, 3.05) is 39.8 Å². The molecule has 1 saturated heterocycles. The lowest BCUT2D eigenvalue weighted by atomic mass is 10.2. The Bertz CT molecular complexity index is 854. The van der Waals surface area contributed by atoms with Crippen molar-refractivity contribution in [2.24, 2.45) is 10.9 Å². The van der Waals surface area contributed by atoms with Crippen LogP contribution in [-0.4, -0.2) is 61.8 Å². The molecule has 1 aromatic heterocycles. The number of nitrogens with one attached hydrogen (secondary N) is 2. The largest absolute Gasteiger partial charge is 0.453 e. The molecule has 32 heavy (non-hydrogen) atoms. The molecule has 2 N–H and O–H groups in total. The zero-order valence-corrected chi connectivity index (χ0v) is 21.2. The van der Waals surface area contributed by atoms with Gasteiger partial charge in [0.25, 0.3) is 0 Å². The zero-order valence-electron chi connectivity index (χ0n) is 18.9. The summed E-state index contributed by atoms with van der Waals surface area (Å²) >= 11 is 0. The molecule has 2 aromatic rings. The maximum atomic E-state index is 14.4. The monoisotopic (exact) mass is 557 g/mol. The fourth-order valence-electron chi connectivity index (χ4n) is 3.47. The number of hydrogen-bond donors (Lipinski definition) is 2. The van der Waals surface area contributed by atoms with Gasteiger partial charge in [0.2, 0.25) is 0 Å². The molecular weight excluding hydrogens is 524 g/mol. The molecule has 1 aliphatic heterocycles. The third-order valence-corrected chi connectivity index (χ3v) is 4.89. The van der Waals surface area contributed by atoms with E-state index >= 15 is 0 Å². The van der Waals surface area contributed by atoms with Gasteiger partial charge < -0.3 is 20.1 Å². The lowest BCUT2D eigenvalue weighted by molar-refractivity contribution is -0.0284. The summed E-state index contributed by atoms with van der Waals surface area (Å²) in [5, 5.41) is 6.52. The Kier molecular flexibility index (Phi) is 11.1. The second-order valence-electron chi connectivity index (χ2n) is 8.01. The Morgan fingerprint density at radius 3 is 2.88 bits per heavy atom. The standard InChI is InChI=1S/C23H32FN5O2.HI/c1-17(2)15-29-9-10-30-20(16-29)14-28-23(25-3)27-12-18-6-7-22(21(24)11-18)31-19-5-4-8-26-13-19;/h4-8,11,13,17,20H,9-10,12,14-16H2,1-3H3,(H2,25,27,28);1H. The third kappa shape index (κ3) is 8.51. The number of nitrogens with zero attached hydrogens (tertiary/aromatic N) is 3. The molecule has 1 aromatic carbocycles. The highest BCUT2D eigenvalue weighted by Crippen LogP contribution is 2.24. The lowest BCUT2D eigenvalue weighted by Gasteiger charge is -2.34. The van der Waals surface area contributed by atoms with E-state index in [1.165, 1.54) is 6.07 Å². The van der Waals surface area contributed by atoms with Crippen molar-refractivity contribution in [3.05, 3.63) is 54.1 Å². The minimum atomic E-state index is -0.424. The summed E-state index contributed by atoms with van der Waals surface area (Å²) in [6, 6.07) is 8.37. The van der Waals surface area contributed by atoms with Gasteiger partial charge in [0, 0.05) is 46.0 Å². The van der Waals surface area contributed by atoms with E-state index in [1.54, 1.807) is 37.6 Å². The summed E-state index contributed by atoms with van der Waals surface area (Å²) in [4.78, 5) is 10.7. The van der Waals surface area contributed by atoms with Gasteiger partial charge in [-0.05, 0) is 35.7 Å². The van der Waals surface area contributed by atoms with Crippen molar-refractivity contribution in [3.8, 4) is 11.5 Å². The molecule has 0 bridgehead atoms. The van der Waals surface area contributed by atoms with E-state index in [4.69, 9.17) is 9.47 Å². The number of hydrogen-bond acceptors (Lipinski definition) is 5. The van der Waals surface area contributed by atoms with Crippen molar-refractivity contribution < 1.29 is 13.9 Å². The minimum Gasteiger partial charge on any atom is -0.453 e. The normalized spacial score (nSPS) is 17.0. The molecule has 9 heteroatoms. The summed E-state index contributed by atoms with van der Waals surface area (Å²) in [5.41, 5.74) is 0.788. The number of rotatable bonds is 8. The molecule has 176 valence electrons. The quantitative estimate of drug-likeness (QED) is 0.294. The van der Waals surface area contributed by atoms with Crippen molar-refractivity contribution in [1.82, 2.24) is 20.5 Å². The van der Waals surface area contributed by atoms with Crippen LogP contribution >= 0.6 is 24.0 Å². The second-order valence-corrected chi connectivity index (χ2v) is 8.01. The van der Waals surface area contributed by atoms with E-state index in [1.807, 2.05) is 6.07 Å². The molecule has 0 saturated carbocycles. The van der Waals surface area contributed by atoms with Crippen LogP contribution in [0.15, 0.2) is 47.7 Å². The van der Waals surface area contributed by atoms with Gasteiger partial charge in [-0.25, -0.2) is 4.39 Å². The minimum absolute atomic E-state index is 0. The Hall–Kier alpha value is -1.98. The second kappa shape index (κ2) is 13.5. The number of pyridine rings is 1. The Balaban J connectivity index is 0.00000363. The van der Waals surface area contributed by atoms with Crippen molar-refractivity contribution >= 4 is 29.9 Å². The number of benzene rings is 1. The van der Waals surface area contributed by atoms with E-state index in [2.05, 4.69) is 39.4 Å². The molecule has 3 rings (SSSR count). The van der Waals surface area contributed by atoms with Crippen molar-refractivity contribution in [3.63, 3.8) is 0 Å². The Morgan fingerprint density at radius 2 is 2.19 bits per heavy atom. The summed E-state index contributed by atoms with van der Waals surface area (Å²) in [5.74, 6) is 1.53. The molecule has 1 aliphatic rings. The van der Waals surface area contributed by atoms with Gasteiger partial charge in [0.05, 0.1) is 18.9 Å². The SMILES string of the molecule is CN=C(NCc1ccc(Oc2cccnc2)c(F)c1)NCC1CN(CC(C)C)CCO1.I. The molecular formula is C23H33FIN5O2. The lowest BCUT2D eigenvalue weighted by Crippen LogP contribution is -2.50. The van der Waals surface area contributed by atoms with Crippen LogP contribution in [0.3, 0.4) is 0 Å². The van der Waals surface area contributed by atoms with Crippen LogP contribution in [0.2, 0.25) is 0 Å². The first kappa shape index (κ1) is 26.3. The molecule has 1 unspecified atom stereocenters. The van der Waals surface area contributed by atoms with E-state index in [0.29, 0.717) is 30.7 Å². The molecule has 0 amide bonds. The highest BCUT2D eigenvalue weighted by molar-refractivity contribution is 14.0. The van der Waals surface area contributed by atoms with Gasteiger partial charge in [-0.3, -0.25) is 14.9 Å². The summed E-state index contributed by atoms with van der Waals surface area (Å²) in [6.07, 6.45) is 3.30. The summed E-state index contributed by atoms with van der Waals surface area (Å²) in [6.45, 7) is 9.29. The molecule has 0 spiro atoms. The van der Waals surface area contributed by atoms with Gasteiger partial charge in [0.15, 0.2) is 17.5 Å². The third-order valence-electron chi connectivity index (χ3n) is 4.89. The van der Waals surface area contributed by atoms with Crippen LogP contribution in [0.25, 0.3) is 0 Å². The molecule has 2 heterocycles. The average molecular weight is 557 g/mol. The van der Waals surface area contributed by atoms with Crippen LogP contribution in [-0.2, 0) is 11.3 Å². The number of morpholine rings is 1. The van der Waals surface area contributed by atoms with Gasteiger partial charge in [-0.1, -0.05) is 19.9 Å². The first-order valence-corrected chi connectivity index (χ1v) is 10.7. The summed E-state index contributed by atoms with van der Waals surface area (Å²) < 4.78 is 25.8. The van der Waals surface area contributed by atoms with Gasteiger partial charge >= 0.3 is 0 Å². The van der Waals surface area contributed by atoms with Crippen molar-refractivity contribution in [1.29, 1.82) is 0 Å². The maximum absolute atomic E-state index is 14.4. The van der Waals surface area contributed by atoms with Gasteiger partial charge in [-0.15, -0.1) is 24.0 Å². The van der Waals surface area contributed by atoms with E-state index in [0.717, 1.165) is 31.8 Å². The molecule has 0 aliphatic carbocycles. The number of aromatic nitrogens is 1. The first-order valence-electron chi connectivity index (χ1n) is 10.7. The first-order chi connectivity index (χ1) is 15.0.